The molecule has 3 rings (SSSR count). The van der Waals surface area contributed by atoms with E-state index in [0.29, 0.717) is 11.8 Å². The highest BCUT2D eigenvalue weighted by Gasteiger charge is 2.03. The second-order valence-electron chi connectivity index (χ2n) is 5.47. The Labute approximate surface area is 140 Å². The van der Waals surface area contributed by atoms with Crippen LogP contribution in [0.4, 0.5) is 23.1 Å². The van der Waals surface area contributed by atoms with Gasteiger partial charge in [0.1, 0.15) is 5.75 Å². The number of hydrogen-bond acceptors (Lipinski definition) is 6. The van der Waals surface area contributed by atoms with Gasteiger partial charge in [-0.1, -0.05) is 18.2 Å². The largest absolute Gasteiger partial charge is 0.491 e. The molecule has 0 saturated carbocycles. The van der Waals surface area contributed by atoms with Crippen molar-refractivity contribution < 1.29 is 4.74 Å². The van der Waals surface area contributed by atoms with E-state index in [-0.39, 0.29) is 6.10 Å². The first kappa shape index (κ1) is 15.7. The second-order valence-corrected chi connectivity index (χ2v) is 5.47. The number of hydrogen-bond donors (Lipinski definition) is 2. The molecule has 0 atom stereocenters. The van der Waals surface area contributed by atoms with Gasteiger partial charge in [0.05, 0.1) is 12.3 Å². The normalized spacial score (nSPS) is 10.5. The fourth-order valence-electron chi connectivity index (χ4n) is 2.10. The van der Waals surface area contributed by atoms with Crippen LogP contribution in [0.5, 0.6) is 5.75 Å². The fraction of sp³-hybridized carbons (Fsp3) is 0.167. The summed E-state index contributed by atoms with van der Waals surface area (Å²) in [5.41, 5.74) is 1.81. The lowest BCUT2D eigenvalue weighted by Crippen LogP contribution is -2.05. The molecule has 0 aliphatic heterocycles. The van der Waals surface area contributed by atoms with Crippen LogP contribution >= 0.6 is 0 Å². The number of anilines is 4. The van der Waals surface area contributed by atoms with Crippen LogP contribution in [0.25, 0.3) is 0 Å². The topological polar surface area (TPSA) is 72.0 Å². The van der Waals surface area contributed by atoms with Gasteiger partial charge in [-0.2, -0.15) is 10.1 Å². The zero-order valence-corrected chi connectivity index (χ0v) is 13.6. The second kappa shape index (κ2) is 7.41. The van der Waals surface area contributed by atoms with E-state index in [2.05, 4.69) is 25.8 Å². The van der Waals surface area contributed by atoms with Crippen LogP contribution in [0.2, 0.25) is 0 Å². The Morgan fingerprint density at radius 3 is 2.29 bits per heavy atom. The molecule has 0 unspecified atom stereocenters. The van der Waals surface area contributed by atoms with Gasteiger partial charge in [0.15, 0.2) is 5.82 Å². The summed E-state index contributed by atoms with van der Waals surface area (Å²) < 4.78 is 5.63. The molecule has 0 saturated heterocycles. The molecule has 24 heavy (non-hydrogen) atoms. The molecular formula is C18H19N5O. The summed E-state index contributed by atoms with van der Waals surface area (Å²) in [6.07, 6.45) is 1.73. The van der Waals surface area contributed by atoms with Gasteiger partial charge < -0.3 is 15.4 Å². The summed E-state index contributed by atoms with van der Waals surface area (Å²) >= 11 is 0. The molecule has 0 aliphatic carbocycles. The first-order chi connectivity index (χ1) is 11.7. The molecule has 0 amide bonds. The van der Waals surface area contributed by atoms with E-state index in [4.69, 9.17) is 4.74 Å². The van der Waals surface area contributed by atoms with Crippen LogP contribution in [-0.4, -0.2) is 21.3 Å². The Morgan fingerprint density at radius 2 is 1.58 bits per heavy atom. The van der Waals surface area contributed by atoms with Gasteiger partial charge in [-0.15, -0.1) is 5.10 Å². The van der Waals surface area contributed by atoms with Crippen molar-refractivity contribution in [3.63, 3.8) is 0 Å². The summed E-state index contributed by atoms with van der Waals surface area (Å²) in [5, 5.41) is 14.3. The highest BCUT2D eigenvalue weighted by Crippen LogP contribution is 2.20. The number of ether oxygens (including phenoxy) is 1. The van der Waals surface area contributed by atoms with Crippen molar-refractivity contribution in [2.45, 2.75) is 20.0 Å². The standard InChI is InChI=1S/C18H19N5O/c1-13(2)24-16-10-8-15(9-11-16)20-17-12-19-23-18(22-17)21-14-6-4-3-5-7-14/h3-13H,1-2H3,(H2,20,21,22,23). The molecule has 1 heterocycles. The van der Waals surface area contributed by atoms with E-state index < -0.39 is 0 Å². The summed E-state index contributed by atoms with van der Waals surface area (Å²) in [4.78, 5) is 4.41. The summed E-state index contributed by atoms with van der Waals surface area (Å²) in [7, 11) is 0. The van der Waals surface area contributed by atoms with E-state index >= 15 is 0 Å². The molecule has 122 valence electrons. The van der Waals surface area contributed by atoms with E-state index in [1.165, 1.54) is 0 Å². The van der Waals surface area contributed by atoms with Crippen LogP contribution in [0.1, 0.15) is 13.8 Å². The Bertz CT molecular complexity index is 775. The minimum atomic E-state index is 0.154. The maximum atomic E-state index is 5.63. The monoisotopic (exact) mass is 321 g/mol. The molecule has 0 radical (unpaired) electrons. The summed E-state index contributed by atoms with van der Waals surface area (Å²) in [6.45, 7) is 4.00. The quantitative estimate of drug-likeness (QED) is 0.711. The third-order valence-corrected chi connectivity index (χ3v) is 3.09. The molecule has 0 spiro atoms. The zero-order valence-electron chi connectivity index (χ0n) is 13.6. The number of nitrogens with one attached hydrogen (secondary N) is 2. The lowest BCUT2D eigenvalue weighted by Gasteiger charge is -2.11. The minimum absolute atomic E-state index is 0.154. The van der Waals surface area contributed by atoms with Crippen molar-refractivity contribution in [2.24, 2.45) is 0 Å². The Balaban J connectivity index is 1.68. The van der Waals surface area contributed by atoms with Gasteiger partial charge in [0, 0.05) is 11.4 Å². The van der Waals surface area contributed by atoms with Gasteiger partial charge in [0.25, 0.3) is 0 Å². The van der Waals surface area contributed by atoms with Gasteiger partial charge in [-0.25, -0.2) is 0 Å². The third kappa shape index (κ3) is 4.42. The Hall–Kier alpha value is -3.15. The molecule has 6 heteroatoms. The maximum absolute atomic E-state index is 5.63. The van der Waals surface area contributed by atoms with E-state index in [1.54, 1.807) is 6.20 Å². The van der Waals surface area contributed by atoms with Crippen LogP contribution in [0.15, 0.2) is 60.8 Å². The van der Waals surface area contributed by atoms with E-state index in [0.717, 1.165) is 17.1 Å². The van der Waals surface area contributed by atoms with Crippen LogP contribution < -0.4 is 15.4 Å². The van der Waals surface area contributed by atoms with Crippen LogP contribution in [0, 0.1) is 0 Å². The molecule has 0 aliphatic rings. The average molecular weight is 321 g/mol. The molecule has 2 N–H and O–H groups in total. The minimum Gasteiger partial charge on any atom is -0.491 e. The predicted molar refractivity (Wildman–Crippen MR) is 95.0 cm³/mol. The molecule has 0 fully saturated rings. The van der Waals surface area contributed by atoms with Crippen molar-refractivity contribution >= 4 is 23.1 Å². The molecular weight excluding hydrogens is 302 g/mol. The first-order valence-electron chi connectivity index (χ1n) is 7.74. The first-order valence-corrected chi connectivity index (χ1v) is 7.74. The summed E-state index contributed by atoms with van der Waals surface area (Å²) in [6, 6.07) is 17.4. The Morgan fingerprint density at radius 1 is 0.875 bits per heavy atom. The molecule has 6 nitrogen and oxygen atoms in total. The summed E-state index contributed by atoms with van der Waals surface area (Å²) in [5.74, 6) is 1.88. The number of aromatic nitrogens is 3. The van der Waals surface area contributed by atoms with Gasteiger partial charge in [-0.3, -0.25) is 0 Å². The fourth-order valence-corrected chi connectivity index (χ4v) is 2.10. The molecule has 1 aromatic heterocycles. The highest BCUT2D eigenvalue weighted by molar-refractivity contribution is 5.59. The van der Waals surface area contributed by atoms with Gasteiger partial charge in [-0.05, 0) is 50.2 Å². The molecule has 2 aromatic carbocycles. The molecule has 3 aromatic rings. The van der Waals surface area contributed by atoms with Crippen molar-refractivity contribution in [3.8, 4) is 5.75 Å². The average Bonchev–Trinajstić information content (AvgIpc) is 2.57. The lowest BCUT2D eigenvalue weighted by molar-refractivity contribution is 0.242. The van der Waals surface area contributed by atoms with E-state index in [1.807, 2.05) is 68.4 Å². The predicted octanol–water partition coefficient (Wildman–Crippen LogP) is 4.15. The number of nitrogens with zero attached hydrogens (tertiary/aromatic N) is 3. The van der Waals surface area contributed by atoms with Crippen LogP contribution in [-0.2, 0) is 0 Å². The number of para-hydroxylation sites is 1. The SMILES string of the molecule is CC(C)Oc1ccc(Nc2cnnc(Nc3ccccc3)n2)cc1. The van der Waals surface area contributed by atoms with Crippen molar-refractivity contribution in [1.29, 1.82) is 0 Å². The van der Waals surface area contributed by atoms with Gasteiger partial charge in [0.2, 0.25) is 5.95 Å². The van der Waals surface area contributed by atoms with Crippen LogP contribution in [0.3, 0.4) is 0 Å². The highest BCUT2D eigenvalue weighted by atomic mass is 16.5. The smallest absolute Gasteiger partial charge is 0.249 e. The van der Waals surface area contributed by atoms with Crippen molar-refractivity contribution in [2.75, 3.05) is 10.6 Å². The van der Waals surface area contributed by atoms with E-state index in [9.17, 15) is 0 Å². The van der Waals surface area contributed by atoms with Crippen molar-refractivity contribution in [1.82, 2.24) is 15.2 Å². The lowest BCUT2D eigenvalue weighted by atomic mass is 10.3. The third-order valence-electron chi connectivity index (χ3n) is 3.09. The van der Waals surface area contributed by atoms with Gasteiger partial charge >= 0.3 is 0 Å². The maximum Gasteiger partial charge on any atom is 0.249 e. The Kier molecular flexibility index (Phi) is 4.86. The van der Waals surface area contributed by atoms with Crippen molar-refractivity contribution in [3.05, 3.63) is 60.8 Å². The zero-order chi connectivity index (χ0) is 16.8. The molecule has 0 bridgehead atoms. The number of rotatable bonds is 6. The number of benzene rings is 2.